The molecule has 2 bridgehead atoms. The largest absolute Gasteiger partial charge is 0.462 e. The lowest BCUT2D eigenvalue weighted by Crippen LogP contribution is -2.70. The highest BCUT2D eigenvalue weighted by Crippen LogP contribution is 2.71. The SMILES string of the molecule is CCOC12CCC3(CO1)C1CCC4(C)C(=C1CCC3C2(C)C)CCC4OC(C)=O. The van der Waals surface area contributed by atoms with Crippen LogP contribution in [0.5, 0.6) is 0 Å². The third-order valence-corrected chi connectivity index (χ3v) is 9.94. The monoisotopic (exact) mass is 402 g/mol. The van der Waals surface area contributed by atoms with Crippen molar-refractivity contribution in [2.45, 2.75) is 97.9 Å². The first-order valence-electron chi connectivity index (χ1n) is 11.9. The molecule has 0 aromatic heterocycles. The summed E-state index contributed by atoms with van der Waals surface area (Å²) in [7, 11) is 0. The maximum atomic E-state index is 11.7. The predicted octanol–water partition coefficient (Wildman–Crippen LogP) is 5.40. The van der Waals surface area contributed by atoms with E-state index in [1.807, 2.05) is 0 Å². The molecule has 162 valence electrons. The summed E-state index contributed by atoms with van der Waals surface area (Å²) < 4.78 is 18.7. The zero-order valence-corrected chi connectivity index (χ0v) is 18.9. The minimum Gasteiger partial charge on any atom is -0.462 e. The van der Waals surface area contributed by atoms with Gasteiger partial charge in [0, 0.05) is 36.2 Å². The summed E-state index contributed by atoms with van der Waals surface area (Å²) in [4.78, 5) is 11.7. The summed E-state index contributed by atoms with van der Waals surface area (Å²) in [6.45, 7) is 12.4. The molecule has 0 amide bonds. The Morgan fingerprint density at radius 3 is 2.55 bits per heavy atom. The van der Waals surface area contributed by atoms with Crippen LogP contribution in [-0.4, -0.2) is 31.1 Å². The van der Waals surface area contributed by atoms with Crippen LogP contribution in [-0.2, 0) is 19.0 Å². The molecule has 0 N–H and O–H groups in total. The molecule has 2 aliphatic heterocycles. The van der Waals surface area contributed by atoms with Crippen molar-refractivity contribution in [2.24, 2.45) is 28.1 Å². The van der Waals surface area contributed by atoms with Gasteiger partial charge >= 0.3 is 5.97 Å². The highest BCUT2D eigenvalue weighted by Gasteiger charge is 2.70. The Balaban J connectivity index is 1.52. The van der Waals surface area contributed by atoms with Gasteiger partial charge in [-0.3, -0.25) is 4.79 Å². The number of carbonyl (C=O) groups is 1. The topological polar surface area (TPSA) is 44.8 Å². The van der Waals surface area contributed by atoms with Crippen LogP contribution < -0.4 is 0 Å². The number of hydrogen-bond donors (Lipinski definition) is 0. The lowest BCUT2D eigenvalue weighted by Gasteiger charge is -2.70. The van der Waals surface area contributed by atoms with Gasteiger partial charge in [0.1, 0.15) is 6.10 Å². The number of hydrogen-bond acceptors (Lipinski definition) is 4. The van der Waals surface area contributed by atoms with Crippen molar-refractivity contribution < 1.29 is 19.0 Å². The fourth-order valence-electron chi connectivity index (χ4n) is 8.65. The van der Waals surface area contributed by atoms with Crippen LogP contribution in [0.1, 0.15) is 86.0 Å². The fraction of sp³-hybridized carbons (Fsp3) is 0.880. The van der Waals surface area contributed by atoms with E-state index in [4.69, 9.17) is 14.2 Å². The minimum absolute atomic E-state index is 0.0480. The molecule has 6 rings (SSSR count). The van der Waals surface area contributed by atoms with Gasteiger partial charge in [0.15, 0.2) is 5.79 Å². The molecule has 6 aliphatic rings. The van der Waals surface area contributed by atoms with Gasteiger partial charge in [-0.15, -0.1) is 0 Å². The van der Waals surface area contributed by atoms with E-state index in [1.165, 1.54) is 25.7 Å². The molecule has 2 heterocycles. The molecule has 3 saturated carbocycles. The molecule has 0 aromatic rings. The molecule has 4 aliphatic carbocycles. The van der Waals surface area contributed by atoms with Crippen molar-refractivity contribution in [3.63, 3.8) is 0 Å². The van der Waals surface area contributed by atoms with Gasteiger partial charge in [0.2, 0.25) is 0 Å². The van der Waals surface area contributed by atoms with Crippen LogP contribution >= 0.6 is 0 Å². The van der Waals surface area contributed by atoms with Gasteiger partial charge < -0.3 is 14.2 Å². The van der Waals surface area contributed by atoms with Gasteiger partial charge in [-0.25, -0.2) is 0 Å². The van der Waals surface area contributed by atoms with Crippen molar-refractivity contribution in [1.29, 1.82) is 0 Å². The predicted molar refractivity (Wildman–Crippen MR) is 111 cm³/mol. The Bertz CT molecular complexity index is 742. The number of fused-ring (bicyclic) bond motifs is 4. The maximum Gasteiger partial charge on any atom is 0.302 e. The lowest BCUT2D eigenvalue weighted by molar-refractivity contribution is -0.395. The zero-order valence-electron chi connectivity index (χ0n) is 18.9. The Kier molecular flexibility index (Phi) is 4.37. The Labute approximate surface area is 175 Å². The van der Waals surface area contributed by atoms with Crippen molar-refractivity contribution >= 4 is 5.97 Å². The van der Waals surface area contributed by atoms with E-state index in [0.29, 0.717) is 11.8 Å². The number of esters is 1. The van der Waals surface area contributed by atoms with Crippen LogP contribution in [0.4, 0.5) is 0 Å². The standard InChI is InChI=1S/C25H38O4/c1-6-27-25-14-13-24(15-28-25)19-11-12-23(5)18(8-10-21(23)29-16(2)26)17(19)7-9-20(24)22(25,3)4/h19-21H,6-15H2,1-5H3. The highest BCUT2D eigenvalue weighted by atomic mass is 16.7. The molecule has 0 radical (unpaired) electrons. The maximum absolute atomic E-state index is 11.7. The van der Waals surface area contributed by atoms with E-state index < -0.39 is 5.79 Å². The molecular formula is C25H38O4. The molecule has 4 heteroatoms. The molecule has 4 nitrogen and oxygen atoms in total. The smallest absolute Gasteiger partial charge is 0.302 e. The van der Waals surface area contributed by atoms with Crippen molar-refractivity contribution in [3.8, 4) is 0 Å². The Hall–Kier alpha value is -0.870. The third-order valence-electron chi connectivity index (χ3n) is 9.94. The van der Waals surface area contributed by atoms with Crippen LogP contribution in [0.25, 0.3) is 0 Å². The van der Waals surface area contributed by atoms with Gasteiger partial charge in [-0.05, 0) is 63.7 Å². The van der Waals surface area contributed by atoms with Crippen molar-refractivity contribution in [3.05, 3.63) is 11.1 Å². The van der Waals surface area contributed by atoms with Gasteiger partial charge in [0.05, 0.1) is 6.61 Å². The summed E-state index contributed by atoms with van der Waals surface area (Å²) in [6.07, 6.45) is 9.22. The van der Waals surface area contributed by atoms with Crippen LogP contribution in [0, 0.1) is 28.1 Å². The molecule has 2 saturated heterocycles. The first-order chi connectivity index (χ1) is 13.7. The normalized spacial score (nSPS) is 47.4. The van der Waals surface area contributed by atoms with Crippen LogP contribution in [0.15, 0.2) is 11.1 Å². The number of allylic oxidation sites excluding steroid dienone is 1. The first kappa shape index (κ1) is 20.1. The number of carbonyl (C=O) groups excluding carboxylic acids is 1. The summed E-state index contributed by atoms with van der Waals surface area (Å²) in [5.74, 6) is 0.775. The van der Waals surface area contributed by atoms with Gasteiger partial charge in [-0.2, -0.15) is 0 Å². The minimum atomic E-state index is -0.393. The molecule has 0 aromatic carbocycles. The summed E-state index contributed by atoms with van der Waals surface area (Å²) in [6, 6.07) is 0. The van der Waals surface area contributed by atoms with E-state index in [1.54, 1.807) is 18.1 Å². The summed E-state index contributed by atoms with van der Waals surface area (Å²) in [5, 5.41) is 0. The van der Waals surface area contributed by atoms with Gasteiger partial charge in [-0.1, -0.05) is 31.9 Å². The average molecular weight is 403 g/mol. The zero-order chi connectivity index (χ0) is 20.7. The van der Waals surface area contributed by atoms with E-state index in [9.17, 15) is 4.79 Å². The molecule has 5 fully saturated rings. The van der Waals surface area contributed by atoms with Crippen molar-refractivity contribution in [2.75, 3.05) is 13.2 Å². The van der Waals surface area contributed by atoms with E-state index in [0.717, 1.165) is 38.9 Å². The second-order valence-corrected chi connectivity index (χ2v) is 11.2. The molecule has 6 unspecified atom stereocenters. The fourth-order valence-corrected chi connectivity index (χ4v) is 8.65. The van der Waals surface area contributed by atoms with E-state index >= 15 is 0 Å². The van der Waals surface area contributed by atoms with Gasteiger partial charge in [0.25, 0.3) is 0 Å². The number of rotatable bonds is 3. The van der Waals surface area contributed by atoms with Crippen LogP contribution in [0.2, 0.25) is 0 Å². The molecule has 1 spiro atoms. The van der Waals surface area contributed by atoms with Crippen molar-refractivity contribution in [1.82, 2.24) is 0 Å². The average Bonchev–Trinajstić information content (AvgIpc) is 2.99. The highest BCUT2D eigenvalue weighted by molar-refractivity contribution is 5.66. The molecule has 29 heavy (non-hydrogen) atoms. The molecule has 6 atom stereocenters. The Morgan fingerprint density at radius 2 is 1.90 bits per heavy atom. The number of ether oxygens (including phenoxy) is 3. The summed E-state index contributed by atoms with van der Waals surface area (Å²) >= 11 is 0. The third kappa shape index (κ3) is 2.42. The second-order valence-electron chi connectivity index (χ2n) is 11.2. The summed E-state index contributed by atoms with van der Waals surface area (Å²) in [5.41, 5.74) is 3.72. The Morgan fingerprint density at radius 1 is 1.10 bits per heavy atom. The quantitative estimate of drug-likeness (QED) is 0.468. The van der Waals surface area contributed by atoms with E-state index in [-0.39, 0.29) is 28.3 Å². The van der Waals surface area contributed by atoms with Crippen LogP contribution in [0.3, 0.4) is 0 Å². The van der Waals surface area contributed by atoms with E-state index in [2.05, 4.69) is 27.7 Å². The second kappa shape index (κ2) is 6.32. The molecular weight excluding hydrogens is 364 g/mol. The first-order valence-corrected chi connectivity index (χ1v) is 11.9. The lowest BCUT2D eigenvalue weighted by atomic mass is 9.41.